The van der Waals surface area contributed by atoms with E-state index in [1.807, 2.05) is 20.8 Å². The molecular weight excluding hydrogens is 208 g/mol. The number of carbonyl (C=O) groups excluding carboxylic acids is 1. The molecule has 1 aliphatic heterocycles. The van der Waals surface area contributed by atoms with E-state index in [0.717, 1.165) is 26.1 Å². The maximum Gasteiger partial charge on any atom is 0.407 e. The Morgan fingerprint density at radius 2 is 2.31 bits per heavy atom. The van der Waals surface area contributed by atoms with Crippen LogP contribution < -0.4 is 10.6 Å². The van der Waals surface area contributed by atoms with Gasteiger partial charge in [0.15, 0.2) is 0 Å². The maximum atomic E-state index is 11.4. The molecule has 0 aliphatic carbocycles. The Labute approximate surface area is 96.9 Å². The molecule has 0 aromatic carbocycles. The highest BCUT2D eigenvalue weighted by Crippen LogP contribution is 2.06. The first-order chi connectivity index (χ1) is 7.47. The van der Waals surface area contributed by atoms with Gasteiger partial charge in [-0.2, -0.15) is 0 Å². The first kappa shape index (κ1) is 13.3. The van der Waals surface area contributed by atoms with E-state index < -0.39 is 5.60 Å². The van der Waals surface area contributed by atoms with Crippen LogP contribution in [0.2, 0.25) is 0 Å². The van der Waals surface area contributed by atoms with Crippen LogP contribution in [0.1, 0.15) is 27.2 Å². The molecule has 1 saturated heterocycles. The molecule has 2 N–H and O–H groups in total. The summed E-state index contributed by atoms with van der Waals surface area (Å²) in [6.45, 7) is 8.51. The van der Waals surface area contributed by atoms with Crippen molar-refractivity contribution in [1.29, 1.82) is 0 Å². The summed E-state index contributed by atoms with van der Waals surface area (Å²) in [5, 5.41) is 5.96. The summed E-state index contributed by atoms with van der Waals surface area (Å²) in [6, 6.07) is 0. The topological polar surface area (TPSA) is 59.6 Å². The van der Waals surface area contributed by atoms with Crippen molar-refractivity contribution in [1.82, 2.24) is 10.6 Å². The summed E-state index contributed by atoms with van der Waals surface area (Å²) in [4.78, 5) is 11.4. The summed E-state index contributed by atoms with van der Waals surface area (Å²) >= 11 is 0. The quantitative estimate of drug-likeness (QED) is 0.739. The van der Waals surface area contributed by atoms with Gasteiger partial charge in [-0.25, -0.2) is 4.79 Å². The zero-order valence-electron chi connectivity index (χ0n) is 10.3. The zero-order valence-corrected chi connectivity index (χ0v) is 10.3. The molecule has 0 spiro atoms. The third-order valence-corrected chi connectivity index (χ3v) is 2.10. The molecule has 0 bridgehead atoms. The number of carbonyl (C=O) groups is 1. The van der Waals surface area contributed by atoms with E-state index in [9.17, 15) is 4.79 Å². The van der Waals surface area contributed by atoms with Gasteiger partial charge in [-0.3, -0.25) is 0 Å². The number of rotatable bonds is 2. The maximum absolute atomic E-state index is 11.4. The first-order valence-electron chi connectivity index (χ1n) is 5.76. The van der Waals surface area contributed by atoms with Gasteiger partial charge in [0.2, 0.25) is 0 Å². The highest BCUT2D eigenvalue weighted by atomic mass is 16.6. The Morgan fingerprint density at radius 1 is 1.56 bits per heavy atom. The summed E-state index contributed by atoms with van der Waals surface area (Å²) in [5.41, 5.74) is -0.452. The van der Waals surface area contributed by atoms with Crippen molar-refractivity contribution >= 4 is 6.09 Å². The molecule has 0 aromatic heterocycles. The Balaban J connectivity index is 2.20. The van der Waals surface area contributed by atoms with E-state index in [-0.39, 0.29) is 12.2 Å². The fourth-order valence-corrected chi connectivity index (χ4v) is 1.41. The Morgan fingerprint density at radius 3 is 3.00 bits per heavy atom. The van der Waals surface area contributed by atoms with Crippen LogP contribution in [0.25, 0.3) is 0 Å². The van der Waals surface area contributed by atoms with Gasteiger partial charge in [0.1, 0.15) is 5.60 Å². The number of ether oxygens (including phenoxy) is 2. The molecule has 1 amide bonds. The minimum atomic E-state index is -0.452. The minimum absolute atomic E-state index is 0.0371. The van der Waals surface area contributed by atoms with Crippen molar-refractivity contribution in [3.63, 3.8) is 0 Å². The van der Waals surface area contributed by atoms with Crippen molar-refractivity contribution < 1.29 is 14.3 Å². The lowest BCUT2D eigenvalue weighted by molar-refractivity contribution is 0.0398. The van der Waals surface area contributed by atoms with Gasteiger partial charge in [-0.1, -0.05) is 0 Å². The van der Waals surface area contributed by atoms with Gasteiger partial charge in [-0.15, -0.1) is 0 Å². The zero-order chi connectivity index (χ0) is 12.0. The fourth-order valence-electron chi connectivity index (χ4n) is 1.41. The Kier molecular flexibility index (Phi) is 5.02. The van der Waals surface area contributed by atoms with Crippen LogP contribution in [-0.2, 0) is 9.47 Å². The third-order valence-electron chi connectivity index (χ3n) is 2.10. The lowest BCUT2D eigenvalue weighted by atomic mass is 10.2. The standard InChI is InChI=1S/C11H22N2O3/c1-11(2,3)16-10(14)13-8-9-7-12-5-4-6-15-9/h9,12H,4-8H2,1-3H3,(H,13,14). The normalized spacial score (nSPS) is 22.3. The third kappa shape index (κ3) is 5.92. The lowest BCUT2D eigenvalue weighted by Gasteiger charge is -2.21. The number of amides is 1. The largest absolute Gasteiger partial charge is 0.444 e. The van der Waals surface area contributed by atoms with Gasteiger partial charge in [0, 0.05) is 19.7 Å². The predicted octanol–water partition coefficient (Wildman–Crippen LogP) is 0.890. The number of nitrogens with one attached hydrogen (secondary N) is 2. The average Bonchev–Trinajstić information content (AvgIpc) is 2.39. The lowest BCUT2D eigenvalue weighted by Crippen LogP contribution is -2.40. The van der Waals surface area contributed by atoms with Crippen LogP contribution in [0.5, 0.6) is 0 Å². The monoisotopic (exact) mass is 230 g/mol. The molecule has 94 valence electrons. The highest BCUT2D eigenvalue weighted by molar-refractivity contribution is 5.67. The van der Waals surface area contributed by atoms with Gasteiger partial charge in [0.25, 0.3) is 0 Å². The molecule has 1 aliphatic rings. The van der Waals surface area contributed by atoms with Crippen LogP contribution in [0, 0.1) is 0 Å². The molecule has 1 heterocycles. The first-order valence-corrected chi connectivity index (χ1v) is 5.76. The molecule has 5 heteroatoms. The van der Waals surface area contributed by atoms with Crippen molar-refractivity contribution in [3.05, 3.63) is 0 Å². The molecule has 0 aromatic rings. The summed E-state index contributed by atoms with van der Waals surface area (Å²) in [7, 11) is 0. The summed E-state index contributed by atoms with van der Waals surface area (Å²) in [5.74, 6) is 0. The number of alkyl carbamates (subject to hydrolysis) is 1. The van der Waals surface area contributed by atoms with E-state index in [2.05, 4.69) is 10.6 Å². The predicted molar refractivity (Wildman–Crippen MR) is 61.5 cm³/mol. The molecule has 1 fully saturated rings. The molecular formula is C11H22N2O3. The summed E-state index contributed by atoms with van der Waals surface area (Å²) < 4.78 is 10.7. The molecule has 1 rings (SSSR count). The van der Waals surface area contributed by atoms with Crippen molar-refractivity contribution in [2.45, 2.75) is 38.9 Å². The number of hydrogen-bond donors (Lipinski definition) is 2. The van der Waals surface area contributed by atoms with Crippen molar-refractivity contribution in [3.8, 4) is 0 Å². The van der Waals surface area contributed by atoms with Crippen molar-refractivity contribution in [2.75, 3.05) is 26.2 Å². The average molecular weight is 230 g/mol. The smallest absolute Gasteiger partial charge is 0.407 e. The SMILES string of the molecule is CC(C)(C)OC(=O)NCC1CNCCCO1. The highest BCUT2D eigenvalue weighted by Gasteiger charge is 2.18. The number of hydrogen-bond acceptors (Lipinski definition) is 4. The second-order valence-corrected chi connectivity index (χ2v) is 4.93. The van der Waals surface area contributed by atoms with E-state index in [4.69, 9.17) is 9.47 Å². The van der Waals surface area contributed by atoms with Gasteiger partial charge in [-0.05, 0) is 33.7 Å². The van der Waals surface area contributed by atoms with Gasteiger partial charge in [0.05, 0.1) is 6.10 Å². The Hall–Kier alpha value is -0.810. The van der Waals surface area contributed by atoms with Gasteiger partial charge >= 0.3 is 6.09 Å². The van der Waals surface area contributed by atoms with Crippen LogP contribution in [0.15, 0.2) is 0 Å². The van der Waals surface area contributed by atoms with Crippen LogP contribution in [-0.4, -0.2) is 44.0 Å². The van der Waals surface area contributed by atoms with Gasteiger partial charge < -0.3 is 20.1 Å². The minimum Gasteiger partial charge on any atom is -0.444 e. The molecule has 16 heavy (non-hydrogen) atoms. The van der Waals surface area contributed by atoms with E-state index in [1.165, 1.54) is 0 Å². The van der Waals surface area contributed by atoms with Crippen molar-refractivity contribution in [2.24, 2.45) is 0 Å². The fraction of sp³-hybridized carbons (Fsp3) is 0.909. The molecule has 0 saturated carbocycles. The molecule has 1 unspecified atom stereocenters. The van der Waals surface area contributed by atoms with E-state index >= 15 is 0 Å². The molecule has 5 nitrogen and oxygen atoms in total. The van der Waals surface area contributed by atoms with Crippen LogP contribution in [0.4, 0.5) is 4.79 Å². The van der Waals surface area contributed by atoms with E-state index in [1.54, 1.807) is 0 Å². The molecule has 0 radical (unpaired) electrons. The van der Waals surface area contributed by atoms with Crippen LogP contribution >= 0.6 is 0 Å². The summed E-state index contributed by atoms with van der Waals surface area (Å²) in [6.07, 6.45) is 0.665. The second kappa shape index (κ2) is 6.06. The van der Waals surface area contributed by atoms with Crippen LogP contribution in [0.3, 0.4) is 0 Å². The second-order valence-electron chi connectivity index (χ2n) is 4.93. The molecule has 1 atom stereocenters. The Bertz CT molecular complexity index is 218. The van der Waals surface area contributed by atoms with E-state index in [0.29, 0.717) is 6.54 Å².